The zero-order valence-electron chi connectivity index (χ0n) is 19.2. The molecule has 2 N–H and O–H groups in total. The first-order valence-corrected chi connectivity index (χ1v) is 11.4. The number of benzene rings is 1. The summed E-state index contributed by atoms with van der Waals surface area (Å²) in [6.07, 6.45) is 9.10. The average molecular weight is 479 g/mol. The van der Waals surface area contributed by atoms with Crippen LogP contribution in [0.3, 0.4) is 0 Å². The number of hydrogen-bond donors (Lipinski definition) is 2. The number of oxime groups is 1. The lowest BCUT2D eigenvalue weighted by atomic mass is 9.99. The Balaban J connectivity index is 2.42. The highest BCUT2D eigenvalue weighted by atomic mass is 35.5. The number of esters is 1. The molecular weight excluding hydrogens is 448 g/mol. The number of phenols is 2. The lowest BCUT2D eigenvalue weighted by Gasteiger charge is -2.18. The summed E-state index contributed by atoms with van der Waals surface area (Å²) in [7, 11) is 0. The summed E-state index contributed by atoms with van der Waals surface area (Å²) in [6, 6.07) is 1.00. The Kier molecular flexibility index (Phi) is 10.3. The van der Waals surface area contributed by atoms with Crippen LogP contribution in [0.1, 0.15) is 56.0 Å². The Bertz CT molecular complexity index is 937. The van der Waals surface area contributed by atoms with Gasteiger partial charge in [-0.3, -0.25) is 4.79 Å². The summed E-state index contributed by atoms with van der Waals surface area (Å²) in [5, 5.41) is 24.5. The van der Waals surface area contributed by atoms with Gasteiger partial charge in [-0.15, -0.1) is 0 Å². The quantitative estimate of drug-likeness (QED) is 0.369. The van der Waals surface area contributed by atoms with Crippen molar-refractivity contribution in [1.82, 2.24) is 4.90 Å². The zero-order valence-corrected chi connectivity index (χ0v) is 20.0. The van der Waals surface area contributed by atoms with Gasteiger partial charge >= 0.3 is 5.97 Å². The van der Waals surface area contributed by atoms with Crippen LogP contribution < -0.4 is 0 Å². The summed E-state index contributed by atoms with van der Waals surface area (Å²) in [6.45, 7) is 6.38. The molecule has 180 valence electrons. The third kappa shape index (κ3) is 7.53. The van der Waals surface area contributed by atoms with Crippen LogP contribution in [0.4, 0.5) is 0 Å². The maximum Gasteiger partial charge on any atom is 0.342 e. The second-order valence-electron chi connectivity index (χ2n) is 7.58. The summed E-state index contributed by atoms with van der Waals surface area (Å²) < 4.78 is 5.47. The van der Waals surface area contributed by atoms with Gasteiger partial charge < -0.3 is 24.7 Å². The number of aromatic hydroxyl groups is 2. The van der Waals surface area contributed by atoms with Crippen molar-refractivity contribution in [1.29, 1.82) is 0 Å². The Morgan fingerprint density at radius 1 is 1.21 bits per heavy atom. The van der Waals surface area contributed by atoms with Crippen LogP contribution in [-0.4, -0.2) is 58.5 Å². The molecule has 0 aliphatic carbocycles. The van der Waals surface area contributed by atoms with E-state index in [0.717, 1.165) is 18.9 Å². The number of allylic oxidation sites excluding steroid dienone is 3. The Hall–Kier alpha value is -3.00. The van der Waals surface area contributed by atoms with E-state index < -0.39 is 17.8 Å². The number of carbonyl (C=O) groups is 2. The van der Waals surface area contributed by atoms with Crippen LogP contribution in [0.25, 0.3) is 0 Å². The molecule has 1 aromatic carbocycles. The number of phenolic OH excluding ortho intramolecular Hbond substituents is 2. The van der Waals surface area contributed by atoms with Crippen molar-refractivity contribution in [3.8, 4) is 11.5 Å². The van der Waals surface area contributed by atoms with Crippen molar-refractivity contribution < 1.29 is 29.4 Å². The number of ether oxygens (including phenoxy) is 1. The van der Waals surface area contributed by atoms with Gasteiger partial charge in [0, 0.05) is 32.0 Å². The predicted octanol–water partition coefficient (Wildman–Crippen LogP) is 4.38. The Labute approximate surface area is 199 Å². The van der Waals surface area contributed by atoms with Gasteiger partial charge in [-0.2, -0.15) is 0 Å². The molecule has 0 fully saturated rings. The maximum atomic E-state index is 12.8. The van der Waals surface area contributed by atoms with Crippen LogP contribution in [0, 0.1) is 0 Å². The van der Waals surface area contributed by atoms with Crippen molar-refractivity contribution in [3.05, 3.63) is 46.5 Å². The molecule has 1 aromatic rings. The minimum Gasteiger partial charge on any atom is -0.507 e. The molecule has 0 spiro atoms. The molecule has 2 rings (SSSR count). The number of hydrogen-bond acceptors (Lipinski definition) is 7. The lowest BCUT2D eigenvalue weighted by molar-refractivity contribution is -0.135. The van der Waals surface area contributed by atoms with Crippen molar-refractivity contribution in [2.75, 3.05) is 19.7 Å². The third-order valence-corrected chi connectivity index (χ3v) is 5.54. The van der Waals surface area contributed by atoms with Gasteiger partial charge in [-0.05, 0) is 45.3 Å². The van der Waals surface area contributed by atoms with Crippen molar-refractivity contribution >= 4 is 29.2 Å². The van der Waals surface area contributed by atoms with E-state index in [2.05, 4.69) is 5.16 Å². The molecule has 0 saturated carbocycles. The van der Waals surface area contributed by atoms with E-state index in [1.165, 1.54) is 0 Å². The number of likely N-dealkylation sites (N-methyl/N-ethyl adjacent to an activating group) is 1. The van der Waals surface area contributed by atoms with Gasteiger partial charge in [0.25, 0.3) is 5.91 Å². The number of rotatable bonds is 5. The van der Waals surface area contributed by atoms with Gasteiger partial charge in [0.1, 0.15) is 23.2 Å². The summed E-state index contributed by atoms with van der Waals surface area (Å²) in [5.74, 6) is -1.79. The van der Waals surface area contributed by atoms with E-state index in [4.69, 9.17) is 21.2 Å². The summed E-state index contributed by atoms with van der Waals surface area (Å²) >= 11 is 6.30. The number of fused-ring (bicyclic) bond motifs is 1. The topological polar surface area (TPSA) is 109 Å². The highest BCUT2D eigenvalue weighted by Gasteiger charge is 2.25. The van der Waals surface area contributed by atoms with E-state index in [1.807, 2.05) is 32.1 Å². The zero-order chi connectivity index (χ0) is 24.4. The molecule has 9 heteroatoms. The fourth-order valence-corrected chi connectivity index (χ4v) is 3.54. The number of amides is 1. The fraction of sp³-hybridized carbons (Fsp3) is 0.458. The molecule has 8 nitrogen and oxygen atoms in total. The van der Waals surface area contributed by atoms with E-state index in [1.54, 1.807) is 17.9 Å². The number of cyclic esters (lactones) is 1. The molecule has 1 heterocycles. The second kappa shape index (κ2) is 12.9. The summed E-state index contributed by atoms with van der Waals surface area (Å²) in [5.41, 5.74) is 0.365. The van der Waals surface area contributed by atoms with Gasteiger partial charge in [0.2, 0.25) is 0 Å². The molecule has 1 aliphatic heterocycles. The highest BCUT2D eigenvalue weighted by Crippen LogP contribution is 2.37. The number of halogens is 1. The molecule has 0 radical (unpaired) electrons. The normalized spacial score (nSPS) is 20.3. The average Bonchev–Trinajstić information content (AvgIpc) is 2.76. The predicted molar refractivity (Wildman–Crippen MR) is 127 cm³/mol. The van der Waals surface area contributed by atoms with Gasteiger partial charge in [0.15, 0.2) is 6.61 Å². The van der Waals surface area contributed by atoms with E-state index in [9.17, 15) is 19.8 Å². The first kappa shape index (κ1) is 26.3. The van der Waals surface area contributed by atoms with Crippen molar-refractivity contribution in [2.24, 2.45) is 5.16 Å². The van der Waals surface area contributed by atoms with E-state index in [-0.39, 0.29) is 40.8 Å². The largest absolute Gasteiger partial charge is 0.507 e. The monoisotopic (exact) mass is 478 g/mol. The lowest BCUT2D eigenvalue weighted by Crippen LogP contribution is -2.33. The highest BCUT2D eigenvalue weighted by molar-refractivity contribution is 6.33. The van der Waals surface area contributed by atoms with Gasteiger partial charge in [0.05, 0.1) is 10.7 Å². The molecule has 1 amide bonds. The fourth-order valence-electron chi connectivity index (χ4n) is 3.33. The van der Waals surface area contributed by atoms with Crippen LogP contribution in [0.15, 0.2) is 35.5 Å². The Morgan fingerprint density at radius 2 is 1.91 bits per heavy atom. The molecule has 1 aliphatic rings. The van der Waals surface area contributed by atoms with Crippen LogP contribution in [0.2, 0.25) is 5.02 Å². The number of carbonyl (C=O) groups excluding carboxylic acids is 2. The molecule has 0 unspecified atom stereocenters. The minimum atomic E-state index is -0.761. The smallest absolute Gasteiger partial charge is 0.342 e. The van der Waals surface area contributed by atoms with Gasteiger partial charge in [-0.25, -0.2) is 4.79 Å². The standard InChI is InChI=1S/C24H31ClN2O6/c1-4-27(5-2)21(30)15-32-26-17-12-10-8-6-7-9-11-16(3)33-24(31)22-18(13-17)23(25)20(29)14-19(22)28/h7,9-10,12,14,16,28-29H,4-6,8,11,13,15H2,1-3H3/b9-7+,12-10+,26-17+/t16-/m1/s1. The minimum absolute atomic E-state index is 0.0363. The van der Waals surface area contributed by atoms with Crippen molar-refractivity contribution in [3.63, 3.8) is 0 Å². The van der Waals surface area contributed by atoms with Gasteiger partial charge in [-0.1, -0.05) is 35.0 Å². The van der Waals surface area contributed by atoms with E-state index in [0.29, 0.717) is 25.2 Å². The van der Waals surface area contributed by atoms with Crippen LogP contribution in [0.5, 0.6) is 11.5 Å². The molecule has 1 atom stereocenters. The SMILES string of the molecule is CCN(CC)C(=O)CO/N=C1\C=C\CC/C=C/C[C@@H](C)OC(=O)c2c(O)cc(O)c(Cl)c2C1. The van der Waals surface area contributed by atoms with Crippen LogP contribution >= 0.6 is 11.6 Å². The van der Waals surface area contributed by atoms with Crippen LogP contribution in [-0.2, 0) is 20.8 Å². The third-order valence-electron chi connectivity index (χ3n) is 5.12. The molecule has 0 bridgehead atoms. The summed E-state index contributed by atoms with van der Waals surface area (Å²) in [4.78, 5) is 31.9. The van der Waals surface area contributed by atoms with E-state index >= 15 is 0 Å². The molecule has 0 saturated heterocycles. The molecule has 33 heavy (non-hydrogen) atoms. The first-order valence-electron chi connectivity index (χ1n) is 11.0. The number of nitrogens with zero attached hydrogens (tertiary/aromatic N) is 2. The first-order chi connectivity index (χ1) is 15.8. The Morgan fingerprint density at radius 3 is 2.61 bits per heavy atom. The molecule has 0 aromatic heterocycles. The second-order valence-corrected chi connectivity index (χ2v) is 7.96. The molecular formula is C24H31ClN2O6. The van der Waals surface area contributed by atoms with Crippen molar-refractivity contribution in [2.45, 2.75) is 52.6 Å². The maximum absolute atomic E-state index is 12.8.